The van der Waals surface area contributed by atoms with Crippen LogP contribution in [0.1, 0.15) is 52.9 Å². The second-order valence-corrected chi connectivity index (χ2v) is 5.41. The van der Waals surface area contributed by atoms with Crippen molar-refractivity contribution in [2.24, 2.45) is 0 Å². The van der Waals surface area contributed by atoms with Crippen molar-refractivity contribution in [2.75, 3.05) is 7.11 Å². The maximum Gasteiger partial charge on any atom is 0.217 e. The van der Waals surface area contributed by atoms with E-state index in [1.807, 2.05) is 0 Å². The van der Waals surface area contributed by atoms with Crippen LogP contribution in [0.4, 0.5) is 0 Å². The second kappa shape index (κ2) is 7.91. The molecule has 0 bridgehead atoms. The molecular weight excluding hydrogens is 220 g/mol. The number of ether oxygens (including phenoxy) is 1. The average molecular weight is 244 g/mol. The lowest BCUT2D eigenvalue weighted by atomic mass is 10.1. The summed E-state index contributed by atoms with van der Waals surface area (Å²) in [7, 11) is 1.69. The van der Waals surface area contributed by atoms with Crippen molar-refractivity contribution in [3.63, 3.8) is 0 Å². The number of hydrogen-bond donors (Lipinski definition) is 0. The van der Waals surface area contributed by atoms with E-state index in [0.717, 1.165) is 19.3 Å². The summed E-state index contributed by atoms with van der Waals surface area (Å²) in [5.74, 6) is 0. The molecule has 2 nitrogen and oxygen atoms in total. The SMILES string of the molecule is C=C(C)C(=O)SC(CC)(CCCCC)OC. The summed E-state index contributed by atoms with van der Waals surface area (Å²) in [6, 6.07) is 0. The highest BCUT2D eigenvalue weighted by Crippen LogP contribution is 2.36. The average Bonchev–Trinajstić information content (AvgIpc) is 2.27. The van der Waals surface area contributed by atoms with E-state index in [9.17, 15) is 4.79 Å². The Kier molecular flexibility index (Phi) is 7.77. The van der Waals surface area contributed by atoms with Crippen molar-refractivity contribution in [3.8, 4) is 0 Å². The Bertz CT molecular complexity index is 232. The van der Waals surface area contributed by atoms with E-state index in [2.05, 4.69) is 20.4 Å². The normalized spacial score (nSPS) is 14.5. The largest absolute Gasteiger partial charge is 0.367 e. The first-order valence-electron chi connectivity index (χ1n) is 5.95. The van der Waals surface area contributed by atoms with Crippen LogP contribution in [0.25, 0.3) is 0 Å². The molecule has 3 heteroatoms. The summed E-state index contributed by atoms with van der Waals surface area (Å²) in [5.41, 5.74) is 0.593. The second-order valence-electron chi connectivity index (χ2n) is 4.10. The Labute approximate surface area is 104 Å². The molecule has 0 aromatic rings. The first-order chi connectivity index (χ1) is 7.51. The summed E-state index contributed by atoms with van der Waals surface area (Å²) >= 11 is 1.29. The number of carbonyl (C=O) groups is 1. The van der Waals surface area contributed by atoms with Crippen LogP contribution in [0.5, 0.6) is 0 Å². The van der Waals surface area contributed by atoms with E-state index in [1.165, 1.54) is 24.6 Å². The van der Waals surface area contributed by atoms with E-state index in [-0.39, 0.29) is 10.0 Å². The zero-order valence-corrected chi connectivity index (χ0v) is 11.8. The minimum atomic E-state index is -0.356. The third kappa shape index (κ3) is 5.17. The smallest absolute Gasteiger partial charge is 0.217 e. The molecule has 0 aliphatic heterocycles. The zero-order valence-electron chi connectivity index (χ0n) is 11.0. The third-order valence-electron chi connectivity index (χ3n) is 2.70. The van der Waals surface area contributed by atoms with Gasteiger partial charge in [-0.05, 0) is 43.5 Å². The number of methoxy groups -OCH3 is 1. The van der Waals surface area contributed by atoms with Gasteiger partial charge < -0.3 is 4.74 Å². The molecule has 0 aromatic carbocycles. The van der Waals surface area contributed by atoms with Gasteiger partial charge in [-0.25, -0.2) is 0 Å². The van der Waals surface area contributed by atoms with E-state index in [4.69, 9.17) is 4.74 Å². The monoisotopic (exact) mass is 244 g/mol. The Hall–Kier alpha value is -0.280. The van der Waals surface area contributed by atoms with Gasteiger partial charge in [-0.1, -0.05) is 33.3 Å². The summed E-state index contributed by atoms with van der Waals surface area (Å²) < 4.78 is 5.56. The Balaban J connectivity index is 4.42. The minimum Gasteiger partial charge on any atom is -0.367 e. The van der Waals surface area contributed by atoms with Crippen LogP contribution in [-0.2, 0) is 9.53 Å². The van der Waals surface area contributed by atoms with Crippen LogP contribution in [0.2, 0.25) is 0 Å². The van der Waals surface area contributed by atoms with Crippen LogP contribution in [0.15, 0.2) is 12.2 Å². The Morgan fingerprint density at radius 1 is 1.38 bits per heavy atom. The van der Waals surface area contributed by atoms with Crippen LogP contribution in [-0.4, -0.2) is 17.2 Å². The van der Waals surface area contributed by atoms with Crippen molar-refractivity contribution in [1.29, 1.82) is 0 Å². The topological polar surface area (TPSA) is 26.3 Å². The van der Waals surface area contributed by atoms with Gasteiger partial charge in [0.25, 0.3) is 0 Å². The van der Waals surface area contributed by atoms with Gasteiger partial charge in [0.2, 0.25) is 5.12 Å². The van der Waals surface area contributed by atoms with Crippen LogP contribution >= 0.6 is 11.8 Å². The molecule has 94 valence electrons. The fourth-order valence-corrected chi connectivity index (χ4v) is 2.47. The van der Waals surface area contributed by atoms with E-state index >= 15 is 0 Å². The summed E-state index contributed by atoms with van der Waals surface area (Å²) in [5, 5.41) is 0.0419. The molecule has 1 atom stereocenters. The molecule has 0 radical (unpaired) electrons. The maximum absolute atomic E-state index is 11.7. The summed E-state index contributed by atoms with van der Waals surface area (Å²) in [6.07, 6.45) is 5.25. The quantitative estimate of drug-likeness (QED) is 0.364. The fraction of sp³-hybridized carbons (Fsp3) is 0.769. The molecule has 0 aliphatic carbocycles. The molecule has 0 fully saturated rings. The lowest BCUT2D eigenvalue weighted by molar-refractivity contribution is -0.108. The van der Waals surface area contributed by atoms with E-state index in [1.54, 1.807) is 14.0 Å². The predicted molar refractivity (Wildman–Crippen MR) is 71.6 cm³/mol. The van der Waals surface area contributed by atoms with Crippen molar-refractivity contribution >= 4 is 16.9 Å². The number of rotatable bonds is 8. The molecule has 0 rings (SSSR count). The van der Waals surface area contributed by atoms with Gasteiger partial charge in [-0.2, -0.15) is 0 Å². The molecule has 0 N–H and O–H groups in total. The highest BCUT2D eigenvalue weighted by atomic mass is 32.2. The molecule has 16 heavy (non-hydrogen) atoms. The summed E-state index contributed by atoms with van der Waals surface area (Å²) in [4.78, 5) is 11.3. The molecule has 0 aromatic heterocycles. The number of hydrogen-bond acceptors (Lipinski definition) is 3. The molecular formula is C13H24O2S. The molecule has 0 saturated carbocycles. The van der Waals surface area contributed by atoms with E-state index in [0.29, 0.717) is 5.57 Å². The third-order valence-corrected chi connectivity index (χ3v) is 4.26. The van der Waals surface area contributed by atoms with Gasteiger partial charge in [0, 0.05) is 7.11 Å². The van der Waals surface area contributed by atoms with Crippen molar-refractivity contribution in [3.05, 3.63) is 12.2 Å². The highest BCUT2D eigenvalue weighted by Gasteiger charge is 2.31. The van der Waals surface area contributed by atoms with Gasteiger partial charge in [0.05, 0.1) is 0 Å². The predicted octanol–water partition coefficient (Wildman–Crippen LogP) is 4.16. The van der Waals surface area contributed by atoms with Crippen molar-refractivity contribution in [1.82, 2.24) is 0 Å². The Morgan fingerprint density at radius 2 is 2.00 bits per heavy atom. The molecule has 0 amide bonds. The fourth-order valence-electron chi connectivity index (χ4n) is 1.49. The Morgan fingerprint density at radius 3 is 2.38 bits per heavy atom. The molecule has 0 heterocycles. The highest BCUT2D eigenvalue weighted by molar-refractivity contribution is 8.15. The van der Waals surface area contributed by atoms with Gasteiger partial charge >= 0.3 is 0 Å². The first-order valence-corrected chi connectivity index (χ1v) is 6.77. The van der Waals surface area contributed by atoms with Crippen molar-refractivity contribution in [2.45, 2.75) is 57.8 Å². The van der Waals surface area contributed by atoms with Gasteiger partial charge in [-0.15, -0.1) is 0 Å². The van der Waals surface area contributed by atoms with Crippen LogP contribution in [0, 0.1) is 0 Å². The molecule has 0 saturated heterocycles. The number of carbonyl (C=O) groups excluding carboxylic acids is 1. The van der Waals surface area contributed by atoms with Gasteiger partial charge in [0.1, 0.15) is 4.93 Å². The molecule has 0 spiro atoms. The van der Waals surface area contributed by atoms with Crippen LogP contribution < -0.4 is 0 Å². The lowest BCUT2D eigenvalue weighted by Crippen LogP contribution is -2.28. The van der Waals surface area contributed by atoms with Gasteiger partial charge in [0.15, 0.2) is 0 Å². The first kappa shape index (κ1) is 15.7. The number of thioether (sulfide) groups is 1. The zero-order chi connectivity index (χ0) is 12.6. The maximum atomic E-state index is 11.7. The van der Waals surface area contributed by atoms with Gasteiger partial charge in [-0.3, -0.25) is 4.79 Å². The lowest BCUT2D eigenvalue weighted by Gasteiger charge is -2.30. The standard InChI is InChI=1S/C13H24O2S/c1-6-8-9-10-13(7-2,15-5)16-12(14)11(3)4/h3,6-10H2,1-2,4-5H3. The summed E-state index contributed by atoms with van der Waals surface area (Å²) in [6.45, 7) is 9.66. The number of unbranched alkanes of at least 4 members (excludes halogenated alkanes) is 2. The minimum absolute atomic E-state index is 0.0419. The van der Waals surface area contributed by atoms with E-state index < -0.39 is 0 Å². The van der Waals surface area contributed by atoms with Crippen LogP contribution in [0.3, 0.4) is 0 Å². The molecule has 1 unspecified atom stereocenters. The van der Waals surface area contributed by atoms with Crippen molar-refractivity contribution < 1.29 is 9.53 Å². The molecule has 0 aliphatic rings.